The second-order valence-electron chi connectivity index (χ2n) is 3.45. The van der Waals surface area contributed by atoms with Crippen molar-refractivity contribution in [2.45, 2.75) is 45.6 Å². The minimum Gasteiger partial charge on any atom is -0.466 e. The molecule has 0 amide bonds. The summed E-state index contributed by atoms with van der Waals surface area (Å²) < 4.78 is 9.54. The van der Waals surface area contributed by atoms with Crippen molar-refractivity contribution in [1.82, 2.24) is 0 Å². The summed E-state index contributed by atoms with van der Waals surface area (Å²) in [7, 11) is 0. The molecule has 0 aliphatic heterocycles. The molecule has 0 atom stereocenters. The van der Waals surface area contributed by atoms with Gasteiger partial charge in [0.05, 0.1) is 13.2 Å². The van der Waals surface area contributed by atoms with Gasteiger partial charge >= 0.3 is 11.9 Å². The number of carbonyl (C=O) groups is 2. The van der Waals surface area contributed by atoms with Crippen LogP contribution in [-0.4, -0.2) is 31.2 Å². The summed E-state index contributed by atoms with van der Waals surface area (Å²) in [4.78, 5) is 22.0. The van der Waals surface area contributed by atoms with E-state index in [1.54, 1.807) is 13.8 Å². The first-order chi connectivity index (χ1) is 7.60. The fourth-order valence-electron chi connectivity index (χ4n) is 1.22. The van der Waals surface area contributed by atoms with Gasteiger partial charge in [0.2, 0.25) is 0 Å². The number of rotatable bonds is 8. The highest BCUT2D eigenvalue weighted by atomic mass is 35.5. The van der Waals surface area contributed by atoms with E-state index >= 15 is 0 Å². The molecule has 17 heavy (non-hydrogen) atoms. The molecule has 0 aromatic carbocycles. The number of ether oxygens (including phenoxy) is 2. The Morgan fingerprint density at radius 3 is 1.65 bits per heavy atom. The molecule has 0 rings (SSSR count). The molecule has 2 N–H and O–H groups in total. The summed E-state index contributed by atoms with van der Waals surface area (Å²) in [6.07, 6.45) is 1.69. The quantitative estimate of drug-likeness (QED) is 0.673. The van der Waals surface area contributed by atoms with Gasteiger partial charge in [0.1, 0.15) is 0 Å². The van der Waals surface area contributed by atoms with Crippen LogP contribution in [0.25, 0.3) is 0 Å². The molecule has 0 spiro atoms. The molecule has 0 aliphatic rings. The summed E-state index contributed by atoms with van der Waals surface area (Å²) in [6, 6.07) is -0.159. The predicted molar refractivity (Wildman–Crippen MR) is 67.0 cm³/mol. The van der Waals surface area contributed by atoms with Crippen molar-refractivity contribution in [1.29, 1.82) is 0 Å². The average Bonchev–Trinajstić information content (AvgIpc) is 2.24. The van der Waals surface area contributed by atoms with E-state index < -0.39 is 0 Å². The molecule has 0 aromatic rings. The molecule has 102 valence electrons. The van der Waals surface area contributed by atoms with Gasteiger partial charge < -0.3 is 15.2 Å². The first kappa shape index (κ1) is 18.6. The summed E-state index contributed by atoms with van der Waals surface area (Å²) >= 11 is 0. The number of halogens is 1. The largest absolute Gasteiger partial charge is 0.466 e. The van der Waals surface area contributed by atoms with Gasteiger partial charge in [-0.1, -0.05) is 0 Å². The summed E-state index contributed by atoms with van der Waals surface area (Å²) in [5, 5.41) is 0. The number of carbonyl (C=O) groups excluding carboxylic acids is 2. The minimum absolute atomic E-state index is 0. The van der Waals surface area contributed by atoms with Crippen LogP contribution in [0.2, 0.25) is 0 Å². The van der Waals surface area contributed by atoms with Gasteiger partial charge in [0.15, 0.2) is 0 Å². The molecule has 0 heterocycles. The Bertz CT molecular complexity index is 202. The Morgan fingerprint density at radius 2 is 1.35 bits per heavy atom. The maximum absolute atomic E-state index is 11.0. The molecule has 6 heteroatoms. The van der Waals surface area contributed by atoms with Gasteiger partial charge in [0.25, 0.3) is 0 Å². The van der Waals surface area contributed by atoms with Crippen LogP contribution in [0.4, 0.5) is 0 Å². The van der Waals surface area contributed by atoms with E-state index in [0.717, 1.165) is 0 Å². The predicted octanol–water partition coefficient (Wildman–Crippen LogP) is 1.42. The normalized spacial score (nSPS) is 9.65. The first-order valence-corrected chi connectivity index (χ1v) is 5.66. The number of esters is 2. The monoisotopic (exact) mass is 267 g/mol. The molecule has 0 bridgehead atoms. The van der Waals surface area contributed by atoms with Gasteiger partial charge in [0, 0.05) is 18.9 Å². The lowest BCUT2D eigenvalue weighted by molar-refractivity contribution is -0.143. The van der Waals surface area contributed by atoms with Crippen molar-refractivity contribution < 1.29 is 19.1 Å². The minimum atomic E-state index is -0.242. The zero-order chi connectivity index (χ0) is 12.4. The number of nitrogens with two attached hydrogens (primary N) is 1. The van der Waals surface area contributed by atoms with E-state index in [1.165, 1.54) is 0 Å². The van der Waals surface area contributed by atoms with Crippen LogP contribution in [0.15, 0.2) is 0 Å². The lowest BCUT2D eigenvalue weighted by atomic mass is 10.1. The third kappa shape index (κ3) is 11.5. The van der Waals surface area contributed by atoms with Crippen molar-refractivity contribution in [2.75, 3.05) is 13.2 Å². The second-order valence-corrected chi connectivity index (χ2v) is 3.45. The maximum atomic E-state index is 11.0. The van der Waals surface area contributed by atoms with Gasteiger partial charge in [-0.15, -0.1) is 12.4 Å². The van der Waals surface area contributed by atoms with Gasteiger partial charge in [-0.2, -0.15) is 0 Å². The van der Waals surface area contributed by atoms with Gasteiger partial charge in [-0.05, 0) is 26.7 Å². The van der Waals surface area contributed by atoms with Crippen LogP contribution in [0.1, 0.15) is 39.5 Å². The van der Waals surface area contributed by atoms with E-state index in [1.807, 2.05) is 0 Å². The highest BCUT2D eigenvalue weighted by molar-refractivity contribution is 5.85. The van der Waals surface area contributed by atoms with Crippen molar-refractivity contribution >= 4 is 24.3 Å². The fraction of sp³-hybridized carbons (Fsp3) is 0.818. The zero-order valence-corrected chi connectivity index (χ0v) is 11.3. The van der Waals surface area contributed by atoms with E-state index in [0.29, 0.717) is 38.9 Å². The third-order valence-electron chi connectivity index (χ3n) is 2.05. The van der Waals surface area contributed by atoms with Gasteiger partial charge in [-0.25, -0.2) is 0 Å². The Morgan fingerprint density at radius 1 is 1.00 bits per heavy atom. The SMILES string of the molecule is CCOC(=O)CCC(N)CCC(=O)OCC.Cl. The Labute approximate surface area is 108 Å². The molecule has 0 aliphatic carbocycles. The Hall–Kier alpha value is -0.810. The average molecular weight is 268 g/mol. The second kappa shape index (κ2) is 11.7. The molecule has 0 unspecified atom stereocenters. The van der Waals surface area contributed by atoms with Crippen molar-refractivity contribution in [3.05, 3.63) is 0 Å². The van der Waals surface area contributed by atoms with E-state index in [2.05, 4.69) is 0 Å². The molecule has 0 fully saturated rings. The lowest BCUT2D eigenvalue weighted by Gasteiger charge is -2.10. The Balaban J connectivity index is 0. The fourth-order valence-corrected chi connectivity index (χ4v) is 1.22. The molecular formula is C11H22ClNO4. The van der Waals surface area contributed by atoms with Crippen LogP contribution in [-0.2, 0) is 19.1 Å². The smallest absolute Gasteiger partial charge is 0.305 e. The van der Waals surface area contributed by atoms with Gasteiger partial charge in [-0.3, -0.25) is 9.59 Å². The van der Waals surface area contributed by atoms with Crippen LogP contribution in [0, 0.1) is 0 Å². The number of hydrogen-bond acceptors (Lipinski definition) is 5. The number of hydrogen-bond donors (Lipinski definition) is 1. The topological polar surface area (TPSA) is 78.6 Å². The molecule has 0 aromatic heterocycles. The molecule has 5 nitrogen and oxygen atoms in total. The van der Waals surface area contributed by atoms with Crippen LogP contribution < -0.4 is 5.73 Å². The van der Waals surface area contributed by atoms with E-state index in [4.69, 9.17) is 15.2 Å². The highest BCUT2D eigenvalue weighted by Crippen LogP contribution is 2.04. The Kier molecular flexibility index (Phi) is 12.7. The zero-order valence-electron chi connectivity index (χ0n) is 10.4. The standard InChI is InChI=1S/C11H21NO4.ClH/c1-3-15-10(13)7-5-9(12)6-8-11(14)16-4-2;/h9H,3-8,12H2,1-2H3;1H. The lowest BCUT2D eigenvalue weighted by Crippen LogP contribution is -2.23. The van der Waals surface area contributed by atoms with E-state index in [-0.39, 0.29) is 30.4 Å². The van der Waals surface area contributed by atoms with Crippen molar-refractivity contribution in [2.24, 2.45) is 5.73 Å². The van der Waals surface area contributed by atoms with Crippen LogP contribution in [0.5, 0.6) is 0 Å². The maximum Gasteiger partial charge on any atom is 0.305 e. The van der Waals surface area contributed by atoms with Crippen LogP contribution in [0.3, 0.4) is 0 Å². The van der Waals surface area contributed by atoms with Crippen LogP contribution >= 0.6 is 12.4 Å². The molecule has 0 saturated carbocycles. The summed E-state index contributed by atoms with van der Waals surface area (Å²) in [5.41, 5.74) is 5.75. The first-order valence-electron chi connectivity index (χ1n) is 5.66. The molecular weight excluding hydrogens is 246 g/mol. The van der Waals surface area contributed by atoms with E-state index in [9.17, 15) is 9.59 Å². The third-order valence-corrected chi connectivity index (χ3v) is 2.05. The van der Waals surface area contributed by atoms with Crippen molar-refractivity contribution in [3.8, 4) is 0 Å². The van der Waals surface area contributed by atoms with Crippen molar-refractivity contribution in [3.63, 3.8) is 0 Å². The highest BCUT2D eigenvalue weighted by Gasteiger charge is 2.10. The molecule has 0 radical (unpaired) electrons. The summed E-state index contributed by atoms with van der Waals surface area (Å²) in [6.45, 7) is 4.30. The molecule has 0 saturated heterocycles. The summed E-state index contributed by atoms with van der Waals surface area (Å²) in [5.74, 6) is -0.483.